The van der Waals surface area contributed by atoms with Gasteiger partial charge in [-0.25, -0.2) is 4.68 Å². The van der Waals surface area contributed by atoms with Crippen LogP contribution in [0.4, 0.5) is 0 Å². The Balaban J connectivity index is 1.49. The number of nitrogens with zero attached hydrogens (tertiary/aromatic N) is 5. The maximum absolute atomic E-state index is 13.1. The van der Waals surface area contributed by atoms with Crippen molar-refractivity contribution >= 4 is 10.9 Å². The van der Waals surface area contributed by atoms with Crippen molar-refractivity contribution in [3.63, 3.8) is 0 Å². The van der Waals surface area contributed by atoms with Crippen LogP contribution in [-0.2, 0) is 19.6 Å². The second kappa shape index (κ2) is 10.6. The number of hydrogen-bond acceptors (Lipinski definition) is 6. The number of rotatable bonds is 8. The van der Waals surface area contributed by atoms with E-state index in [1.807, 2.05) is 35.9 Å². The Bertz CT molecular complexity index is 1400. The molecule has 2 heterocycles. The van der Waals surface area contributed by atoms with E-state index in [-0.39, 0.29) is 5.56 Å². The summed E-state index contributed by atoms with van der Waals surface area (Å²) in [5, 5.41) is 13.8. The monoisotopic (exact) mass is 486 g/mol. The highest BCUT2D eigenvalue weighted by Gasteiger charge is 2.22. The molecule has 1 aliphatic rings. The number of H-pyrrole nitrogens is 1. The quantitative estimate of drug-likeness (QED) is 0.383. The zero-order valence-electron chi connectivity index (χ0n) is 21.3. The van der Waals surface area contributed by atoms with Crippen LogP contribution in [0.1, 0.15) is 66.2 Å². The number of aromatic amines is 1. The summed E-state index contributed by atoms with van der Waals surface area (Å²) in [6, 6.07) is 14.6. The molecule has 8 nitrogen and oxygen atoms in total. The van der Waals surface area contributed by atoms with E-state index >= 15 is 0 Å². The van der Waals surface area contributed by atoms with Gasteiger partial charge >= 0.3 is 0 Å². The summed E-state index contributed by atoms with van der Waals surface area (Å²) < 4.78 is 7.62. The first-order valence-corrected chi connectivity index (χ1v) is 12.8. The van der Waals surface area contributed by atoms with E-state index in [0.29, 0.717) is 25.7 Å². The van der Waals surface area contributed by atoms with Gasteiger partial charge in [0.05, 0.1) is 25.2 Å². The Morgan fingerprint density at radius 1 is 1.03 bits per heavy atom. The molecule has 0 aliphatic heterocycles. The lowest BCUT2D eigenvalue weighted by atomic mass is 9.95. The molecule has 0 radical (unpaired) electrons. The molecule has 0 atom stereocenters. The smallest absolute Gasteiger partial charge is 0.252 e. The molecule has 0 amide bonds. The predicted octanol–water partition coefficient (Wildman–Crippen LogP) is 4.85. The molecule has 0 saturated heterocycles. The van der Waals surface area contributed by atoms with E-state index in [2.05, 4.69) is 50.5 Å². The summed E-state index contributed by atoms with van der Waals surface area (Å²) in [7, 11) is 1.69. The van der Waals surface area contributed by atoms with Gasteiger partial charge in [0.25, 0.3) is 5.56 Å². The molecule has 1 aliphatic carbocycles. The number of nitrogens with one attached hydrogen (secondary N) is 1. The lowest BCUT2D eigenvalue weighted by Gasteiger charge is -2.26. The van der Waals surface area contributed by atoms with E-state index in [4.69, 9.17) is 4.74 Å². The number of methoxy groups -OCH3 is 1. The number of hydrogen-bond donors (Lipinski definition) is 1. The van der Waals surface area contributed by atoms with Gasteiger partial charge in [-0.15, -0.1) is 5.10 Å². The van der Waals surface area contributed by atoms with Crippen LogP contribution in [0.3, 0.4) is 0 Å². The third-order valence-electron chi connectivity index (χ3n) is 7.20. The molecule has 0 unspecified atom stereocenters. The van der Waals surface area contributed by atoms with E-state index in [1.165, 1.54) is 24.8 Å². The second-order valence-corrected chi connectivity index (χ2v) is 9.96. The molecule has 5 rings (SSSR count). The topological polar surface area (TPSA) is 88.9 Å². The number of benzene rings is 2. The molecule has 1 saturated carbocycles. The van der Waals surface area contributed by atoms with Gasteiger partial charge in [-0.1, -0.05) is 49.1 Å². The van der Waals surface area contributed by atoms with Crippen LogP contribution < -0.4 is 10.3 Å². The molecule has 188 valence electrons. The number of aryl methyl sites for hydroxylation is 2. The van der Waals surface area contributed by atoms with Crippen molar-refractivity contribution in [2.75, 3.05) is 7.11 Å². The first kappa shape index (κ1) is 24.2. The number of pyridine rings is 1. The second-order valence-electron chi connectivity index (χ2n) is 9.96. The van der Waals surface area contributed by atoms with Crippen LogP contribution in [0.2, 0.25) is 0 Å². The standard InChI is InChI=1S/C28H34N6O2/c1-19-13-20(2)27-22(14-19)15-23(28(35)29-27)17-33(16-21-9-7-8-12-25(21)36-3)18-26-30-31-32-34(26)24-10-5-4-6-11-24/h7-9,12-15,24H,4-6,10-11,16-18H2,1-3H3,(H,29,35). The van der Waals surface area contributed by atoms with Gasteiger partial charge in [0.15, 0.2) is 5.82 Å². The van der Waals surface area contributed by atoms with Crippen molar-refractivity contribution in [1.82, 2.24) is 30.1 Å². The van der Waals surface area contributed by atoms with Crippen LogP contribution in [-0.4, -0.2) is 37.2 Å². The minimum Gasteiger partial charge on any atom is -0.496 e. The van der Waals surface area contributed by atoms with Gasteiger partial charge in [-0.05, 0) is 66.3 Å². The highest BCUT2D eigenvalue weighted by molar-refractivity contribution is 5.82. The number of para-hydroxylation sites is 1. The van der Waals surface area contributed by atoms with Gasteiger partial charge in [0, 0.05) is 24.2 Å². The Labute approximate surface area is 211 Å². The molecule has 0 bridgehead atoms. The fourth-order valence-corrected chi connectivity index (χ4v) is 5.46. The fraction of sp³-hybridized carbons (Fsp3) is 0.429. The van der Waals surface area contributed by atoms with Gasteiger partial charge in [-0.2, -0.15) is 0 Å². The SMILES string of the molecule is COc1ccccc1CN(Cc1cc2cc(C)cc(C)c2[nH]c1=O)Cc1nnnn1C1CCCCC1. The van der Waals surface area contributed by atoms with E-state index < -0.39 is 0 Å². The third-order valence-corrected chi connectivity index (χ3v) is 7.20. The Morgan fingerprint density at radius 2 is 1.81 bits per heavy atom. The van der Waals surface area contributed by atoms with Crippen LogP contribution in [0, 0.1) is 13.8 Å². The van der Waals surface area contributed by atoms with Crippen LogP contribution >= 0.6 is 0 Å². The lowest BCUT2D eigenvalue weighted by molar-refractivity contribution is 0.222. The number of fused-ring (bicyclic) bond motifs is 1. The van der Waals surface area contributed by atoms with Crippen molar-refractivity contribution in [2.24, 2.45) is 0 Å². The Kier molecular flexibility index (Phi) is 7.13. The normalized spacial score (nSPS) is 14.6. The molecule has 2 aromatic heterocycles. The summed E-state index contributed by atoms with van der Waals surface area (Å²) in [6.45, 7) is 5.71. The van der Waals surface area contributed by atoms with Gasteiger partial charge < -0.3 is 9.72 Å². The number of aromatic nitrogens is 5. The first-order valence-electron chi connectivity index (χ1n) is 12.8. The van der Waals surface area contributed by atoms with Crippen molar-refractivity contribution in [2.45, 2.75) is 71.6 Å². The number of tetrazole rings is 1. The largest absolute Gasteiger partial charge is 0.496 e. The molecule has 2 aromatic carbocycles. The van der Waals surface area contributed by atoms with E-state index in [1.54, 1.807) is 7.11 Å². The van der Waals surface area contributed by atoms with Crippen LogP contribution in [0.5, 0.6) is 5.75 Å². The van der Waals surface area contributed by atoms with Crippen LogP contribution in [0.15, 0.2) is 47.3 Å². The minimum absolute atomic E-state index is 0.0636. The van der Waals surface area contributed by atoms with Gasteiger partial charge in [-0.3, -0.25) is 9.69 Å². The molecule has 8 heteroatoms. The van der Waals surface area contributed by atoms with Gasteiger partial charge in [0.2, 0.25) is 0 Å². The molecule has 1 fully saturated rings. The van der Waals surface area contributed by atoms with Crippen molar-refractivity contribution in [1.29, 1.82) is 0 Å². The summed E-state index contributed by atoms with van der Waals surface area (Å²) in [5.74, 6) is 1.66. The maximum atomic E-state index is 13.1. The average Bonchev–Trinajstić information content (AvgIpc) is 3.34. The first-order chi connectivity index (χ1) is 17.5. The highest BCUT2D eigenvalue weighted by Crippen LogP contribution is 2.29. The zero-order chi connectivity index (χ0) is 25.1. The molecule has 1 N–H and O–H groups in total. The number of ether oxygens (including phenoxy) is 1. The van der Waals surface area contributed by atoms with Crippen LogP contribution in [0.25, 0.3) is 10.9 Å². The molecule has 36 heavy (non-hydrogen) atoms. The van der Waals surface area contributed by atoms with Crippen molar-refractivity contribution < 1.29 is 4.74 Å². The van der Waals surface area contributed by atoms with E-state index in [0.717, 1.165) is 52.0 Å². The average molecular weight is 487 g/mol. The summed E-state index contributed by atoms with van der Waals surface area (Å²) in [5.41, 5.74) is 4.86. The Morgan fingerprint density at radius 3 is 2.61 bits per heavy atom. The Hall–Kier alpha value is -3.52. The summed E-state index contributed by atoms with van der Waals surface area (Å²) in [4.78, 5) is 18.5. The van der Waals surface area contributed by atoms with Crippen molar-refractivity contribution in [3.8, 4) is 5.75 Å². The lowest BCUT2D eigenvalue weighted by Crippen LogP contribution is -2.29. The van der Waals surface area contributed by atoms with E-state index in [9.17, 15) is 4.79 Å². The summed E-state index contributed by atoms with van der Waals surface area (Å²) in [6.07, 6.45) is 5.90. The molecule has 0 spiro atoms. The minimum atomic E-state index is -0.0636. The molecular weight excluding hydrogens is 452 g/mol. The maximum Gasteiger partial charge on any atom is 0.252 e. The third kappa shape index (κ3) is 5.18. The predicted molar refractivity (Wildman–Crippen MR) is 140 cm³/mol. The fourth-order valence-electron chi connectivity index (χ4n) is 5.46. The molecule has 4 aromatic rings. The summed E-state index contributed by atoms with van der Waals surface area (Å²) >= 11 is 0. The zero-order valence-corrected chi connectivity index (χ0v) is 21.3. The molecular formula is C28H34N6O2. The highest BCUT2D eigenvalue weighted by atomic mass is 16.5. The van der Waals surface area contributed by atoms with Gasteiger partial charge in [0.1, 0.15) is 5.75 Å². The van der Waals surface area contributed by atoms with Crippen molar-refractivity contribution in [3.05, 3.63) is 80.9 Å².